The summed E-state index contributed by atoms with van der Waals surface area (Å²) in [6, 6.07) is 18.4. The second-order valence-electron chi connectivity index (χ2n) is 7.14. The standard InChI is InChI=1S/C25H23N3O3/c1-16-8-5-6-11-23(16)27-24(29)21(15-26)13-20-12-17(2)28(18(20)3)22-10-7-9-19(14-22)25(30)31-4/h5-14H,1-4H3,(H,27,29)/b21-13-. The first-order chi connectivity index (χ1) is 14.8. The number of carbonyl (C=O) groups is 2. The molecule has 0 atom stereocenters. The molecule has 1 heterocycles. The highest BCUT2D eigenvalue weighted by Crippen LogP contribution is 2.24. The molecule has 1 amide bonds. The van der Waals surface area contributed by atoms with Crippen LogP contribution in [0, 0.1) is 32.1 Å². The second-order valence-corrected chi connectivity index (χ2v) is 7.14. The molecule has 156 valence electrons. The number of methoxy groups -OCH3 is 1. The molecule has 0 aliphatic rings. The van der Waals surface area contributed by atoms with Crippen molar-refractivity contribution >= 4 is 23.6 Å². The van der Waals surface area contributed by atoms with Crippen molar-refractivity contribution < 1.29 is 14.3 Å². The minimum atomic E-state index is -0.464. The van der Waals surface area contributed by atoms with Crippen molar-refractivity contribution in [2.75, 3.05) is 12.4 Å². The largest absolute Gasteiger partial charge is 0.465 e. The number of aromatic nitrogens is 1. The summed E-state index contributed by atoms with van der Waals surface area (Å²) in [5.41, 5.74) is 5.32. The zero-order valence-corrected chi connectivity index (χ0v) is 17.9. The third-order valence-electron chi connectivity index (χ3n) is 5.05. The van der Waals surface area contributed by atoms with Gasteiger partial charge in [0.2, 0.25) is 0 Å². The van der Waals surface area contributed by atoms with Gasteiger partial charge in [-0.15, -0.1) is 0 Å². The molecular formula is C25H23N3O3. The predicted octanol–water partition coefficient (Wildman–Crippen LogP) is 4.73. The summed E-state index contributed by atoms with van der Waals surface area (Å²) < 4.78 is 6.77. The molecule has 3 aromatic rings. The van der Waals surface area contributed by atoms with Gasteiger partial charge < -0.3 is 14.6 Å². The quantitative estimate of drug-likeness (QED) is 0.372. The zero-order chi connectivity index (χ0) is 22.5. The molecular weight excluding hydrogens is 390 g/mol. The number of carbonyl (C=O) groups excluding carboxylic acids is 2. The molecule has 0 aliphatic carbocycles. The molecule has 1 aromatic heterocycles. The molecule has 0 saturated heterocycles. The molecule has 0 radical (unpaired) electrons. The van der Waals surface area contributed by atoms with Crippen LogP contribution in [0.5, 0.6) is 0 Å². The Hall–Kier alpha value is -4.11. The lowest BCUT2D eigenvalue weighted by molar-refractivity contribution is -0.112. The number of hydrogen-bond donors (Lipinski definition) is 1. The number of nitrogens with one attached hydrogen (secondary N) is 1. The number of anilines is 1. The lowest BCUT2D eigenvalue weighted by Crippen LogP contribution is -2.14. The van der Waals surface area contributed by atoms with E-state index in [9.17, 15) is 14.9 Å². The van der Waals surface area contributed by atoms with Crippen LogP contribution in [0.4, 0.5) is 5.69 Å². The van der Waals surface area contributed by atoms with Gasteiger partial charge in [0.1, 0.15) is 11.6 Å². The first-order valence-corrected chi connectivity index (χ1v) is 9.72. The molecule has 0 saturated carbocycles. The summed E-state index contributed by atoms with van der Waals surface area (Å²) in [7, 11) is 1.34. The fourth-order valence-electron chi connectivity index (χ4n) is 3.43. The third kappa shape index (κ3) is 4.57. The summed E-state index contributed by atoms with van der Waals surface area (Å²) >= 11 is 0. The maximum atomic E-state index is 12.7. The summed E-state index contributed by atoms with van der Waals surface area (Å²) in [4.78, 5) is 24.5. The van der Waals surface area contributed by atoms with Gasteiger partial charge in [-0.3, -0.25) is 4.79 Å². The van der Waals surface area contributed by atoms with Crippen molar-refractivity contribution in [2.45, 2.75) is 20.8 Å². The van der Waals surface area contributed by atoms with Crippen LogP contribution in [-0.2, 0) is 9.53 Å². The Kier molecular flexibility index (Phi) is 6.37. The first kappa shape index (κ1) is 21.6. The van der Waals surface area contributed by atoms with E-state index in [2.05, 4.69) is 5.32 Å². The first-order valence-electron chi connectivity index (χ1n) is 9.72. The van der Waals surface area contributed by atoms with Crippen LogP contribution < -0.4 is 5.32 Å². The van der Waals surface area contributed by atoms with Crippen LogP contribution in [0.2, 0.25) is 0 Å². The molecule has 6 heteroatoms. The highest BCUT2D eigenvalue weighted by atomic mass is 16.5. The summed E-state index contributed by atoms with van der Waals surface area (Å²) in [6.45, 7) is 5.72. The number of ether oxygens (including phenoxy) is 1. The molecule has 2 aromatic carbocycles. The monoisotopic (exact) mass is 413 g/mol. The van der Waals surface area contributed by atoms with E-state index >= 15 is 0 Å². The molecule has 0 spiro atoms. The Balaban J connectivity index is 1.96. The van der Waals surface area contributed by atoms with E-state index in [-0.39, 0.29) is 5.57 Å². The average Bonchev–Trinajstić information content (AvgIpc) is 3.05. The summed E-state index contributed by atoms with van der Waals surface area (Å²) in [6.07, 6.45) is 1.58. The van der Waals surface area contributed by atoms with Gasteiger partial charge in [-0.05, 0) is 68.3 Å². The van der Waals surface area contributed by atoms with E-state index in [1.165, 1.54) is 7.11 Å². The Bertz CT molecular complexity index is 1230. The highest BCUT2D eigenvalue weighted by Gasteiger charge is 2.15. The number of para-hydroxylation sites is 1. The van der Waals surface area contributed by atoms with Crippen LogP contribution in [0.25, 0.3) is 11.8 Å². The van der Waals surface area contributed by atoms with Gasteiger partial charge >= 0.3 is 5.97 Å². The average molecular weight is 413 g/mol. The van der Waals surface area contributed by atoms with Crippen LogP contribution in [0.1, 0.15) is 32.9 Å². The normalized spacial score (nSPS) is 11.0. The molecule has 31 heavy (non-hydrogen) atoms. The molecule has 0 bridgehead atoms. The topological polar surface area (TPSA) is 84.1 Å². The molecule has 3 rings (SSSR count). The van der Waals surface area contributed by atoms with Gasteiger partial charge in [-0.1, -0.05) is 24.3 Å². The lowest BCUT2D eigenvalue weighted by Gasteiger charge is -2.11. The molecule has 1 N–H and O–H groups in total. The third-order valence-corrected chi connectivity index (χ3v) is 5.05. The molecule has 0 unspecified atom stereocenters. The Morgan fingerprint density at radius 1 is 1.06 bits per heavy atom. The van der Waals surface area contributed by atoms with Crippen molar-refractivity contribution in [2.24, 2.45) is 0 Å². The Morgan fingerprint density at radius 2 is 1.81 bits per heavy atom. The molecule has 0 fully saturated rings. The van der Waals surface area contributed by atoms with Crippen molar-refractivity contribution in [1.82, 2.24) is 4.57 Å². The fourth-order valence-corrected chi connectivity index (χ4v) is 3.43. The SMILES string of the molecule is COC(=O)c1cccc(-n2c(C)cc(/C=C(/C#N)C(=O)Nc3ccccc3C)c2C)c1. The second kappa shape index (κ2) is 9.14. The van der Waals surface area contributed by atoms with Crippen molar-refractivity contribution in [1.29, 1.82) is 5.26 Å². The number of nitrogens with zero attached hydrogens (tertiary/aromatic N) is 2. The van der Waals surface area contributed by atoms with Crippen molar-refractivity contribution in [3.05, 3.63) is 88.2 Å². The van der Waals surface area contributed by atoms with Crippen LogP contribution in [0.15, 0.2) is 60.2 Å². The van der Waals surface area contributed by atoms with E-state index in [1.807, 2.05) is 61.7 Å². The minimum Gasteiger partial charge on any atom is -0.465 e. The number of rotatable bonds is 5. The Labute approximate surface area is 181 Å². The number of hydrogen-bond acceptors (Lipinski definition) is 4. The van der Waals surface area contributed by atoms with Gasteiger partial charge in [0.25, 0.3) is 5.91 Å². The van der Waals surface area contributed by atoms with Gasteiger partial charge in [0.15, 0.2) is 0 Å². The van der Waals surface area contributed by atoms with Crippen molar-refractivity contribution in [3.8, 4) is 11.8 Å². The van der Waals surface area contributed by atoms with E-state index in [0.29, 0.717) is 11.3 Å². The zero-order valence-electron chi connectivity index (χ0n) is 17.9. The van der Waals surface area contributed by atoms with Crippen molar-refractivity contribution in [3.63, 3.8) is 0 Å². The van der Waals surface area contributed by atoms with Crippen LogP contribution in [0.3, 0.4) is 0 Å². The lowest BCUT2D eigenvalue weighted by atomic mass is 10.1. The van der Waals surface area contributed by atoms with Gasteiger partial charge in [0.05, 0.1) is 12.7 Å². The van der Waals surface area contributed by atoms with Crippen LogP contribution >= 0.6 is 0 Å². The smallest absolute Gasteiger partial charge is 0.337 e. The van der Waals surface area contributed by atoms with E-state index in [1.54, 1.807) is 30.3 Å². The predicted molar refractivity (Wildman–Crippen MR) is 120 cm³/mol. The van der Waals surface area contributed by atoms with Gasteiger partial charge in [0, 0.05) is 22.8 Å². The number of aryl methyl sites for hydroxylation is 2. The molecule has 6 nitrogen and oxygen atoms in total. The fraction of sp³-hybridized carbons (Fsp3) is 0.160. The van der Waals surface area contributed by atoms with Gasteiger partial charge in [-0.2, -0.15) is 5.26 Å². The number of esters is 1. The van der Waals surface area contributed by atoms with E-state index in [0.717, 1.165) is 28.2 Å². The number of amides is 1. The maximum absolute atomic E-state index is 12.7. The van der Waals surface area contributed by atoms with Gasteiger partial charge in [-0.25, -0.2) is 4.79 Å². The van der Waals surface area contributed by atoms with E-state index in [4.69, 9.17) is 4.74 Å². The Morgan fingerprint density at radius 3 is 2.48 bits per heavy atom. The highest BCUT2D eigenvalue weighted by molar-refractivity contribution is 6.10. The number of benzene rings is 2. The molecule has 0 aliphatic heterocycles. The van der Waals surface area contributed by atoms with E-state index < -0.39 is 11.9 Å². The number of nitriles is 1. The summed E-state index contributed by atoms with van der Waals surface area (Å²) in [5, 5.41) is 12.4. The summed E-state index contributed by atoms with van der Waals surface area (Å²) in [5.74, 6) is -0.877. The van der Waals surface area contributed by atoms with Crippen LogP contribution in [-0.4, -0.2) is 23.6 Å². The minimum absolute atomic E-state index is 0.00631. The maximum Gasteiger partial charge on any atom is 0.337 e.